The van der Waals surface area contributed by atoms with Crippen LogP contribution in [0.25, 0.3) is 0 Å². The minimum absolute atomic E-state index is 0.00162. The number of carbonyl (C=O) groups excluding carboxylic acids is 2. The van der Waals surface area contributed by atoms with Crippen LogP contribution in [0.4, 0.5) is 0 Å². The molecule has 2 nitrogen and oxygen atoms in total. The second kappa shape index (κ2) is 4.42. The lowest BCUT2D eigenvalue weighted by atomic mass is 10.0. The first kappa shape index (κ1) is 11.0. The zero-order chi connectivity index (χ0) is 10.7. The molecular weight excluding hydrogens is 196 g/mol. The molecular formula is C11H12O2S. The number of carbonyl (C=O) groups is 2. The molecule has 0 N–H and O–H groups in total. The number of thioether (sulfide) groups is 1. The van der Waals surface area contributed by atoms with E-state index in [9.17, 15) is 9.59 Å². The van der Waals surface area contributed by atoms with E-state index in [0.29, 0.717) is 11.1 Å². The van der Waals surface area contributed by atoms with Crippen molar-refractivity contribution in [2.75, 3.05) is 6.26 Å². The van der Waals surface area contributed by atoms with E-state index in [1.165, 1.54) is 6.92 Å². The molecule has 1 aromatic rings. The van der Waals surface area contributed by atoms with Crippen LogP contribution in [0.3, 0.4) is 0 Å². The second-order valence-corrected chi connectivity index (χ2v) is 3.86. The van der Waals surface area contributed by atoms with Gasteiger partial charge < -0.3 is 0 Å². The predicted octanol–water partition coefficient (Wildman–Crippen LogP) is 2.70. The number of Topliss-reactive ketones (excluding diaryl/α,β-unsaturated/α-hetero) is 1. The van der Waals surface area contributed by atoms with Crippen molar-refractivity contribution in [2.45, 2.75) is 13.8 Å². The van der Waals surface area contributed by atoms with Crippen LogP contribution >= 0.6 is 11.8 Å². The third-order valence-corrected chi connectivity index (χ3v) is 2.64. The van der Waals surface area contributed by atoms with E-state index >= 15 is 0 Å². The van der Waals surface area contributed by atoms with Gasteiger partial charge >= 0.3 is 0 Å². The van der Waals surface area contributed by atoms with Crippen molar-refractivity contribution in [3.05, 3.63) is 34.9 Å². The highest BCUT2D eigenvalue weighted by Gasteiger charge is 2.09. The summed E-state index contributed by atoms with van der Waals surface area (Å²) < 4.78 is 0. The Morgan fingerprint density at radius 2 is 1.93 bits per heavy atom. The highest BCUT2D eigenvalue weighted by atomic mass is 32.2. The number of rotatable bonds is 2. The van der Waals surface area contributed by atoms with E-state index in [4.69, 9.17) is 0 Å². The molecule has 0 bridgehead atoms. The molecule has 0 amide bonds. The molecule has 0 aliphatic heterocycles. The fourth-order valence-corrected chi connectivity index (χ4v) is 1.61. The van der Waals surface area contributed by atoms with E-state index in [1.54, 1.807) is 24.5 Å². The first-order valence-electron chi connectivity index (χ1n) is 4.26. The van der Waals surface area contributed by atoms with Crippen LogP contribution in [-0.2, 0) is 0 Å². The highest BCUT2D eigenvalue weighted by molar-refractivity contribution is 8.13. The van der Waals surface area contributed by atoms with Crippen LogP contribution in [0.1, 0.15) is 33.2 Å². The predicted molar refractivity (Wildman–Crippen MR) is 59.0 cm³/mol. The van der Waals surface area contributed by atoms with Gasteiger partial charge in [0, 0.05) is 11.1 Å². The normalized spacial score (nSPS) is 9.93. The molecule has 1 rings (SSSR count). The van der Waals surface area contributed by atoms with Gasteiger partial charge in [-0.1, -0.05) is 23.9 Å². The third kappa shape index (κ3) is 2.23. The number of hydrogen-bond donors (Lipinski definition) is 0. The SMILES string of the molecule is CSC(=O)c1ccc(C)c(C(C)=O)c1. The smallest absolute Gasteiger partial charge is 0.219 e. The monoisotopic (exact) mass is 208 g/mol. The Hall–Kier alpha value is -1.09. The van der Waals surface area contributed by atoms with Gasteiger partial charge in [0.2, 0.25) is 5.12 Å². The topological polar surface area (TPSA) is 34.1 Å². The molecule has 0 aromatic heterocycles. The molecule has 14 heavy (non-hydrogen) atoms. The summed E-state index contributed by atoms with van der Waals surface area (Å²) in [4.78, 5) is 22.6. The van der Waals surface area contributed by atoms with Crippen molar-refractivity contribution in [1.82, 2.24) is 0 Å². The molecule has 0 aliphatic rings. The molecule has 0 heterocycles. The van der Waals surface area contributed by atoms with Gasteiger partial charge in [-0.2, -0.15) is 0 Å². The average Bonchev–Trinajstić information content (AvgIpc) is 2.17. The Kier molecular flexibility index (Phi) is 3.47. The Labute approximate surface area is 87.7 Å². The van der Waals surface area contributed by atoms with Crippen LogP contribution < -0.4 is 0 Å². The van der Waals surface area contributed by atoms with E-state index in [1.807, 2.05) is 6.92 Å². The maximum absolute atomic E-state index is 11.4. The molecule has 0 radical (unpaired) electrons. The van der Waals surface area contributed by atoms with Crippen molar-refractivity contribution in [2.24, 2.45) is 0 Å². The van der Waals surface area contributed by atoms with Gasteiger partial charge in [-0.25, -0.2) is 0 Å². The molecule has 0 saturated carbocycles. The molecule has 0 saturated heterocycles. The van der Waals surface area contributed by atoms with Crippen molar-refractivity contribution in [3.8, 4) is 0 Å². The second-order valence-electron chi connectivity index (χ2n) is 3.08. The molecule has 0 aliphatic carbocycles. The highest BCUT2D eigenvalue weighted by Crippen LogP contribution is 2.15. The van der Waals surface area contributed by atoms with Crippen molar-refractivity contribution in [3.63, 3.8) is 0 Å². The molecule has 74 valence electrons. The summed E-state index contributed by atoms with van der Waals surface area (Å²) in [7, 11) is 0. The number of ketones is 1. The maximum atomic E-state index is 11.4. The molecule has 3 heteroatoms. The maximum Gasteiger partial charge on any atom is 0.219 e. The van der Waals surface area contributed by atoms with Crippen LogP contribution in [0, 0.1) is 6.92 Å². The lowest BCUT2D eigenvalue weighted by molar-refractivity contribution is 0.101. The number of benzene rings is 1. The van der Waals surface area contributed by atoms with Crippen LogP contribution in [0.15, 0.2) is 18.2 Å². The van der Waals surface area contributed by atoms with Gasteiger partial charge in [0.05, 0.1) is 0 Å². The first-order chi connectivity index (χ1) is 6.56. The van der Waals surface area contributed by atoms with Gasteiger partial charge in [0.25, 0.3) is 0 Å². The fraction of sp³-hybridized carbons (Fsp3) is 0.273. The number of hydrogen-bond acceptors (Lipinski definition) is 3. The van der Waals surface area contributed by atoms with E-state index < -0.39 is 0 Å². The Morgan fingerprint density at radius 3 is 2.43 bits per heavy atom. The average molecular weight is 208 g/mol. The van der Waals surface area contributed by atoms with Crippen LogP contribution in [-0.4, -0.2) is 17.2 Å². The Morgan fingerprint density at radius 1 is 1.29 bits per heavy atom. The summed E-state index contributed by atoms with van der Waals surface area (Å²) >= 11 is 1.15. The standard InChI is InChI=1S/C11H12O2S/c1-7-4-5-9(11(13)14-3)6-10(7)8(2)12/h4-6H,1-3H3. The van der Waals surface area contributed by atoms with Crippen LogP contribution in [0.5, 0.6) is 0 Å². The lowest BCUT2D eigenvalue weighted by Crippen LogP contribution is -2.00. The Bertz CT molecular complexity index is 383. The van der Waals surface area contributed by atoms with Gasteiger partial charge in [-0.15, -0.1) is 0 Å². The van der Waals surface area contributed by atoms with Crippen molar-refractivity contribution < 1.29 is 9.59 Å². The largest absolute Gasteiger partial charge is 0.295 e. The molecule has 0 fully saturated rings. The summed E-state index contributed by atoms with van der Waals surface area (Å²) in [6.45, 7) is 3.37. The zero-order valence-electron chi connectivity index (χ0n) is 8.46. The van der Waals surface area contributed by atoms with Gasteiger partial charge in [-0.3, -0.25) is 9.59 Å². The first-order valence-corrected chi connectivity index (χ1v) is 5.48. The zero-order valence-corrected chi connectivity index (χ0v) is 9.27. The fourth-order valence-electron chi connectivity index (χ4n) is 1.25. The van der Waals surface area contributed by atoms with Crippen molar-refractivity contribution in [1.29, 1.82) is 0 Å². The summed E-state index contributed by atoms with van der Waals surface area (Å²) in [5.41, 5.74) is 2.13. The number of aryl methyl sites for hydroxylation is 1. The minimum Gasteiger partial charge on any atom is -0.295 e. The molecule has 0 spiro atoms. The van der Waals surface area contributed by atoms with Gasteiger partial charge in [0.15, 0.2) is 5.78 Å². The summed E-state index contributed by atoms with van der Waals surface area (Å²) in [6, 6.07) is 5.22. The molecule has 0 atom stereocenters. The Balaban J connectivity index is 3.19. The molecule has 1 aromatic carbocycles. The summed E-state index contributed by atoms with van der Waals surface area (Å²) in [5.74, 6) is -0.00162. The van der Waals surface area contributed by atoms with E-state index in [-0.39, 0.29) is 10.9 Å². The lowest BCUT2D eigenvalue weighted by Gasteiger charge is -2.03. The van der Waals surface area contributed by atoms with Gasteiger partial charge in [-0.05, 0) is 31.7 Å². The van der Waals surface area contributed by atoms with Gasteiger partial charge in [0.1, 0.15) is 0 Å². The summed E-state index contributed by atoms with van der Waals surface area (Å²) in [5, 5.41) is -0.00694. The summed E-state index contributed by atoms with van der Waals surface area (Å²) in [6.07, 6.45) is 1.73. The van der Waals surface area contributed by atoms with E-state index in [2.05, 4.69) is 0 Å². The minimum atomic E-state index is -0.00694. The van der Waals surface area contributed by atoms with Crippen molar-refractivity contribution >= 4 is 22.7 Å². The van der Waals surface area contributed by atoms with E-state index in [0.717, 1.165) is 17.3 Å². The quantitative estimate of drug-likeness (QED) is 0.701. The van der Waals surface area contributed by atoms with Crippen LogP contribution in [0.2, 0.25) is 0 Å². The molecule has 0 unspecified atom stereocenters. The third-order valence-electron chi connectivity index (χ3n) is 2.04.